The molecule has 1 rings (SSSR count). The van der Waals surface area contributed by atoms with Crippen LogP contribution in [0.1, 0.15) is 33.1 Å². The van der Waals surface area contributed by atoms with Crippen molar-refractivity contribution in [2.45, 2.75) is 33.1 Å². The summed E-state index contributed by atoms with van der Waals surface area (Å²) in [6, 6.07) is 0. The molecule has 0 radical (unpaired) electrons. The zero-order valence-electron chi connectivity index (χ0n) is 8.05. The van der Waals surface area contributed by atoms with Crippen molar-refractivity contribution in [2.24, 2.45) is 17.8 Å². The summed E-state index contributed by atoms with van der Waals surface area (Å²) < 4.78 is 0. The Morgan fingerprint density at radius 3 is 2.75 bits per heavy atom. The first-order valence-corrected chi connectivity index (χ1v) is 4.80. The molecule has 0 bridgehead atoms. The van der Waals surface area contributed by atoms with E-state index < -0.39 is 0 Å². The maximum absolute atomic E-state index is 11.4. The van der Waals surface area contributed by atoms with E-state index in [4.69, 9.17) is 0 Å². The lowest BCUT2D eigenvalue weighted by atomic mass is 9.76. The molecular weight excluding hydrogens is 148 g/mol. The van der Waals surface area contributed by atoms with E-state index in [1.54, 1.807) is 0 Å². The fourth-order valence-corrected chi connectivity index (χ4v) is 1.83. The topological polar surface area (TPSA) is 17.1 Å². The molecule has 68 valence electrons. The highest BCUT2D eigenvalue weighted by atomic mass is 16.1. The van der Waals surface area contributed by atoms with Crippen molar-refractivity contribution in [3.8, 4) is 0 Å². The molecule has 1 heteroatoms. The van der Waals surface area contributed by atoms with Gasteiger partial charge in [0.25, 0.3) is 0 Å². The van der Waals surface area contributed by atoms with Crippen molar-refractivity contribution in [1.82, 2.24) is 0 Å². The molecule has 0 heterocycles. The normalized spacial score (nSPS) is 33.0. The Balaban J connectivity index is 2.50. The third kappa shape index (κ3) is 1.96. The second kappa shape index (κ2) is 3.88. The minimum absolute atomic E-state index is 0.304. The van der Waals surface area contributed by atoms with E-state index in [1.807, 2.05) is 13.0 Å². The monoisotopic (exact) mass is 166 g/mol. The van der Waals surface area contributed by atoms with Crippen molar-refractivity contribution >= 4 is 5.78 Å². The summed E-state index contributed by atoms with van der Waals surface area (Å²) >= 11 is 0. The molecule has 0 aromatic carbocycles. The maximum atomic E-state index is 11.4. The summed E-state index contributed by atoms with van der Waals surface area (Å²) in [5, 5.41) is 0. The van der Waals surface area contributed by atoms with Crippen LogP contribution in [-0.2, 0) is 4.79 Å². The summed E-state index contributed by atoms with van der Waals surface area (Å²) in [6.45, 7) is 7.96. The number of allylic oxidation sites excluding steroid dienone is 1. The number of carbonyl (C=O) groups excluding carboxylic acids is 1. The first-order chi connectivity index (χ1) is 5.65. The molecule has 0 amide bonds. The van der Waals surface area contributed by atoms with Gasteiger partial charge in [-0.25, -0.2) is 0 Å². The third-order valence-corrected chi connectivity index (χ3v) is 3.10. The van der Waals surface area contributed by atoms with Crippen LogP contribution in [0.4, 0.5) is 0 Å². The van der Waals surface area contributed by atoms with E-state index >= 15 is 0 Å². The number of hydrogen-bond acceptors (Lipinski definition) is 1. The van der Waals surface area contributed by atoms with Crippen LogP contribution in [-0.4, -0.2) is 5.78 Å². The molecule has 1 aliphatic carbocycles. The predicted octanol–water partition coefficient (Wildman–Crippen LogP) is 2.81. The molecule has 12 heavy (non-hydrogen) atoms. The summed E-state index contributed by atoms with van der Waals surface area (Å²) in [5.41, 5.74) is 0. The Morgan fingerprint density at radius 1 is 1.58 bits per heavy atom. The fraction of sp³-hybridized carbons (Fsp3) is 0.727. The van der Waals surface area contributed by atoms with Gasteiger partial charge in [-0.2, -0.15) is 0 Å². The highest BCUT2D eigenvalue weighted by Gasteiger charge is 2.27. The van der Waals surface area contributed by atoms with Crippen LogP contribution in [0.2, 0.25) is 0 Å². The molecule has 1 unspecified atom stereocenters. The zero-order valence-corrected chi connectivity index (χ0v) is 8.05. The molecule has 0 saturated heterocycles. The number of hydrogen-bond donors (Lipinski definition) is 0. The molecule has 0 aromatic heterocycles. The smallest absolute Gasteiger partial charge is 0.135 e. The van der Waals surface area contributed by atoms with Gasteiger partial charge in [0, 0.05) is 12.3 Å². The lowest BCUT2D eigenvalue weighted by Crippen LogP contribution is -2.25. The van der Waals surface area contributed by atoms with Crippen LogP contribution < -0.4 is 0 Å². The molecule has 0 N–H and O–H groups in total. The van der Waals surface area contributed by atoms with Gasteiger partial charge in [-0.1, -0.05) is 19.9 Å². The summed E-state index contributed by atoms with van der Waals surface area (Å²) in [4.78, 5) is 11.4. The maximum Gasteiger partial charge on any atom is 0.135 e. The molecule has 1 fully saturated rings. The molecule has 0 spiro atoms. The minimum atomic E-state index is 0.304. The van der Waals surface area contributed by atoms with Gasteiger partial charge in [-0.3, -0.25) is 4.79 Å². The highest BCUT2D eigenvalue weighted by molar-refractivity contribution is 5.81. The number of ketones is 1. The van der Waals surface area contributed by atoms with Crippen molar-refractivity contribution in [1.29, 1.82) is 0 Å². The van der Waals surface area contributed by atoms with Gasteiger partial charge < -0.3 is 0 Å². The van der Waals surface area contributed by atoms with E-state index in [1.165, 1.54) is 6.42 Å². The molecular formula is C11H18O. The van der Waals surface area contributed by atoms with Crippen LogP contribution >= 0.6 is 0 Å². The lowest BCUT2D eigenvalue weighted by Gasteiger charge is -2.28. The summed E-state index contributed by atoms with van der Waals surface area (Å²) in [6.07, 6.45) is 5.00. The first kappa shape index (κ1) is 9.50. The molecule has 0 aromatic rings. The van der Waals surface area contributed by atoms with Crippen molar-refractivity contribution in [2.75, 3.05) is 0 Å². The Bertz CT molecular complexity index is 183. The van der Waals surface area contributed by atoms with E-state index in [0.717, 1.165) is 12.8 Å². The van der Waals surface area contributed by atoms with E-state index in [-0.39, 0.29) is 0 Å². The van der Waals surface area contributed by atoms with E-state index in [0.29, 0.717) is 23.5 Å². The van der Waals surface area contributed by atoms with Crippen LogP contribution in [0, 0.1) is 17.8 Å². The van der Waals surface area contributed by atoms with Crippen molar-refractivity contribution < 1.29 is 4.79 Å². The van der Waals surface area contributed by atoms with Gasteiger partial charge >= 0.3 is 0 Å². The van der Waals surface area contributed by atoms with Crippen molar-refractivity contribution in [3.63, 3.8) is 0 Å². The zero-order chi connectivity index (χ0) is 9.14. The Labute approximate surface area is 74.9 Å². The second-order valence-corrected chi connectivity index (χ2v) is 4.00. The van der Waals surface area contributed by atoms with Crippen LogP contribution in [0.5, 0.6) is 0 Å². The van der Waals surface area contributed by atoms with Crippen LogP contribution in [0.15, 0.2) is 12.7 Å². The molecule has 0 aliphatic heterocycles. The first-order valence-electron chi connectivity index (χ1n) is 4.80. The quantitative estimate of drug-likeness (QED) is 0.576. The Kier molecular flexibility index (Phi) is 3.07. The molecule has 3 atom stereocenters. The third-order valence-electron chi connectivity index (χ3n) is 3.10. The second-order valence-electron chi connectivity index (χ2n) is 4.00. The average molecular weight is 166 g/mol. The standard InChI is InChI=1S/C11H18O/c1-4-8(2)10-6-5-9(3)11(12)7-10/h4,8-10H,1,5-7H2,2-3H3/t8-,9?,10-/m0/s1. The van der Waals surface area contributed by atoms with Crippen molar-refractivity contribution in [3.05, 3.63) is 12.7 Å². The van der Waals surface area contributed by atoms with E-state index in [2.05, 4.69) is 13.5 Å². The molecule has 1 saturated carbocycles. The largest absolute Gasteiger partial charge is 0.299 e. The van der Waals surface area contributed by atoms with E-state index in [9.17, 15) is 4.79 Å². The average Bonchev–Trinajstić information content (AvgIpc) is 2.08. The summed E-state index contributed by atoms with van der Waals surface area (Å²) in [5.74, 6) is 1.81. The number of Topliss-reactive ketones (excluding diaryl/α,β-unsaturated/α-hetero) is 1. The highest BCUT2D eigenvalue weighted by Crippen LogP contribution is 2.31. The van der Waals surface area contributed by atoms with Gasteiger partial charge in [-0.05, 0) is 24.7 Å². The lowest BCUT2D eigenvalue weighted by molar-refractivity contribution is -0.125. The van der Waals surface area contributed by atoms with Gasteiger partial charge in [0.05, 0.1) is 0 Å². The number of carbonyl (C=O) groups is 1. The Morgan fingerprint density at radius 2 is 2.25 bits per heavy atom. The molecule has 1 nitrogen and oxygen atoms in total. The SMILES string of the molecule is C=C[C@H](C)[C@H]1CCC(C)C(=O)C1. The van der Waals surface area contributed by atoms with Gasteiger partial charge in [0.15, 0.2) is 0 Å². The van der Waals surface area contributed by atoms with Gasteiger partial charge in [0.2, 0.25) is 0 Å². The minimum Gasteiger partial charge on any atom is -0.299 e. The predicted molar refractivity (Wildman–Crippen MR) is 50.9 cm³/mol. The fourth-order valence-electron chi connectivity index (χ4n) is 1.83. The van der Waals surface area contributed by atoms with Crippen LogP contribution in [0.25, 0.3) is 0 Å². The Hall–Kier alpha value is -0.590. The van der Waals surface area contributed by atoms with Gasteiger partial charge in [0.1, 0.15) is 5.78 Å². The van der Waals surface area contributed by atoms with Gasteiger partial charge in [-0.15, -0.1) is 6.58 Å². The molecule has 1 aliphatic rings. The number of rotatable bonds is 2. The van der Waals surface area contributed by atoms with Crippen LogP contribution in [0.3, 0.4) is 0 Å². The summed E-state index contributed by atoms with van der Waals surface area (Å²) in [7, 11) is 0.